The Hall–Kier alpha value is -1.81. The molecule has 0 spiro atoms. The zero-order chi connectivity index (χ0) is 19.0. The van der Waals surface area contributed by atoms with Crippen LogP contribution in [0.1, 0.15) is 51.0 Å². The second-order valence-corrected chi connectivity index (χ2v) is 10.5. The number of carbonyl (C=O) groups is 1. The van der Waals surface area contributed by atoms with Gasteiger partial charge in [-0.3, -0.25) is 9.48 Å². The Morgan fingerprint density at radius 1 is 1.30 bits per heavy atom. The van der Waals surface area contributed by atoms with Crippen molar-refractivity contribution in [3.8, 4) is 0 Å². The van der Waals surface area contributed by atoms with Crippen LogP contribution in [-0.2, 0) is 14.6 Å². The molecule has 2 heterocycles. The van der Waals surface area contributed by atoms with E-state index in [1.54, 1.807) is 0 Å². The van der Waals surface area contributed by atoms with Gasteiger partial charge in [-0.25, -0.2) is 13.4 Å². The quantitative estimate of drug-likeness (QED) is 0.754. The van der Waals surface area contributed by atoms with Crippen molar-refractivity contribution in [1.82, 2.24) is 14.8 Å². The normalized spacial score (nSPS) is 19.3. The number of halogens is 1. The van der Waals surface area contributed by atoms with Crippen molar-refractivity contribution in [2.75, 3.05) is 5.32 Å². The van der Waals surface area contributed by atoms with Gasteiger partial charge in [0.25, 0.3) is 5.91 Å². The molecule has 0 aliphatic heterocycles. The first kappa shape index (κ1) is 18.5. The molecule has 1 atom stereocenters. The minimum absolute atomic E-state index is 0.162. The highest BCUT2D eigenvalue weighted by molar-refractivity contribution is 7.92. The van der Waals surface area contributed by atoms with Crippen LogP contribution in [0.5, 0.6) is 0 Å². The largest absolute Gasteiger partial charge is 0.300 e. The summed E-state index contributed by atoms with van der Waals surface area (Å²) in [6, 6.07) is -0.650. The summed E-state index contributed by atoms with van der Waals surface area (Å²) in [6.45, 7) is 0. The molecule has 27 heavy (non-hydrogen) atoms. The van der Waals surface area contributed by atoms with Crippen LogP contribution in [0.2, 0.25) is 0 Å². The van der Waals surface area contributed by atoms with Gasteiger partial charge in [0.05, 0.1) is 17.6 Å². The zero-order valence-electron chi connectivity index (χ0n) is 14.7. The van der Waals surface area contributed by atoms with Crippen LogP contribution in [-0.4, -0.2) is 34.3 Å². The number of carbonyl (C=O) groups excluding carboxylic acids is 1. The van der Waals surface area contributed by atoms with Gasteiger partial charge in [-0.2, -0.15) is 9.49 Å². The number of sulfone groups is 1. The molecule has 1 unspecified atom stereocenters. The SMILES string of the molecule is O=C(Nc1ncc(F)s1)C(CC1CCCC1)n1cc(S(=O)(=O)C2CC2)cn1. The number of hydrogen-bond donors (Lipinski definition) is 1. The molecule has 1 N–H and O–H groups in total. The number of anilines is 1. The van der Waals surface area contributed by atoms with Crippen LogP contribution in [0.3, 0.4) is 0 Å². The molecule has 1 amide bonds. The predicted octanol–water partition coefficient (Wildman–Crippen LogP) is 3.17. The molecule has 0 radical (unpaired) electrons. The molecule has 2 aromatic heterocycles. The summed E-state index contributed by atoms with van der Waals surface area (Å²) < 4.78 is 39.5. The number of rotatable bonds is 7. The highest BCUT2D eigenvalue weighted by Crippen LogP contribution is 2.35. The lowest BCUT2D eigenvalue weighted by molar-refractivity contribution is -0.120. The molecule has 146 valence electrons. The number of thiazole rings is 1. The number of hydrogen-bond acceptors (Lipinski definition) is 6. The standard InChI is InChI=1S/C17H21FN4O3S2/c18-15-9-19-17(26-15)21-16(23)14(7-11-3-1-2-4-11)22-10-13(8-20-22)27(24,25)12-5-6-12/h8-12,14H,1-7H2,(H,19,21,23). The second-order valence-electron chi connectivity index (χ2n) is 7.26. The van der Waals surface area contributed by atoms with Gasteiger partial charge < -0.3 is 5.32 Å². The van der Waals surface area contributed by atoms with E-state index in [0.717, 1.165) is 43.2 Å². The van der Waals surface area contributed by atoms with Crippen molar-refractivity contribution in [2.24, 2.45) is 5.92 Å². The summed E-state index contributed by atoms with van der Waals surface area (Å²) in [5.74, 6) is 0.0381. The van der Waals surface area contributed by atoms with Crippen molar-refractivity contribution in [2.45, 2.75) is 61.1 Å². The first-order valence-electron chi connectivity index (χ1n) is 9.14. The Kier molecular flexibility index (Phi) is 5.02. The molecule has 2 fully saturated rings. The first-order chi connectivity index (χ1) is 12.9. The maximum atomic E-state index is 13.2. The average Bonchev–Trinajstić information content (AvgIpc) is 3.01. The molecule has 0 saturated heterocycles. The summed E-state index contributed by atoms with van der Waals surface area (Å²) in [4.78, 5) is 16.8. The third kappa shape index (κ3) is 4.06. The van der Waals surface area contributed by atoms with Crippen molar-refractivity contribution in [1.29, 1.82) is 0 Å². The topological polar surface area (TPSA) is 94.0 Å². The van der Waals surface area contributed by atoms with Gasteiger partial charge >= 0.3 is 0 Å². The lowest BCUT2D eigenvalue weighted by Gasteiger charge is -2.20. The van der Waals surface area contributed by atoms with Crippen molar-refractivity contribution >= 4 is 32.2 Å². The van der Waals surface area contributed by atoms with Crippen molar-refractivity contribution < 1.29 is 17.6 Å². The minimum atomic E-state index is -3.36. The zero-order valence-corrected chi connectivity index (χ0v) is 16.3. The summed E-state index contributed by atoms with van der Waals surface area (Å²) in [5.41, 5.74) is 0. The van der Waals surface area contributed by atoms with Crippen LogP contribution in [0.4, 0.5) is 9.52 Å². The molecule has 2 aromatic rings. The van der Waals surface area contributed by atoms with E-state index in [9.17, 15) is 17.6 Å². The molecule has 0 aromatic carbocycles. The van der Waals surface area contributed by atoms with Gasteiger partial charge in [0.2, 0.25) is 0 Å². The summed E-state index contributed by atoms with van der Waals surface area (Å²) >= 11 is 0.758. The van der Waals surface area contributed by atoms with Crippen LogP contribution in [0, 0.1) is 11.0 Å². The fraction of sp³-hybridized carbons (Fsp3) is 0.588. The molecular formula is C17H21FN4O3S2. The van der Waals surface area contributed by atoms with E-state index in [1.165, 1.54) is 17.1 Å². The monoisotopic (exact) mass is 412 g/mol. The molecular weight excluding hydrogens is 391 g/mol. The van der Waals surface area contributed by atoms with Gasteiger partial charge in [-0.05, 0) is 25.2 Å². The number of nitrogens with one attached hydrogen (secondary N) is 1. The van der Waals surface area contributed by atoms with Crippen molar-refractivity contribution in [3.05, 3.63) is 23.7 Å². The van der Waals surface area contributed by atoms with E-state index in [-0.39, 0.29) is 21.2 Å². The average molecular weight is 413 g/mol. The van der Waals surface area contributed by atoms with Gasteiger partial charge in [0.1, 0.15) is 10.9 Å². The van der Waals surface area contributed by atoms with E-state index in [0.29, 0.717) is 25.2 Å². The van der Waals surface area contributed by atoms with E-state index in [2.05, 4.69) is 15.4 Å². The minimum Gasteiger partial charge on any atom is -0.300 e. The molecule has 7 nitrogen and oxygen atoms in total. The van der Waals surface area contributed by atoms with E-state index in [4.69, 9.17) is 0 Å². The van der Waals surface area contributed by atoms with Gasteiger partial charge in [0, 0.05) is 6.20 Å². The molecule has 10 heteroatoms. The van der Waals surface area contributed by atoms with Crippen molar-refractivity contribution in [3.63, 3.8) is 0 Å². The maximum Gasteiger partial charge on any atom is 0.251 e. The fourth-order valence-electron chi connectivity index (χ4n) is 3.61. The van der Waals surface area contributed by atoms with Gasteiger partial charge in [-0.15, -0.1) is 0 Å². The Morgan fingerprint density at radius 3 is 2.67 bits per heavy atom. The third-order valence-corrected chi connectivity index (χ3v) is 8.15. The maximum absolute atomic E-state index is 13.2. The van der Waals surface area contributed by atoms with Crippen LogP contribution < -0.4 is 5.32 Å². The highest BCUT2D eigenvalue weighted by Gasteiger charge is 2.38. The predicted molar refractivity (Wildman–Crippen MR) is 98.7 cm³/mol. The van der Waals surface area contributed by atoms with E-state index in [1.807, 2.05) is 0 Å². The second kappa shape index (κ2) is 7.31. The van der Waals surface area contributed by atoms with Crippen LogP contribution in [0.25, 0.3) is 0 Å². The molecule has 2 aliphatic carbocycles. The lowest BCUT2D eigenvalue weighted by Crippen LogP contribution is -2.28. The smallest absolute Gasteiger partial charge is 0.251 e. The highest BCUT2D eigenvalue weighted by atomic mass is 32.2. The van der Waals surface area contributed by atoms with Gasteiger partial charge in [-0.1, -0.05) is 37.0 Å². The number of nitrogens with zero attached hydrogens (tertiary/aromatic N) is 3. The van der Waals surface area contributed by atoms with Gasteiger partial charge in [0.15, 0.2) is 20.1 Å². The third-order valence-electron chi connectivity index (χ3n) is 5.23. The Balaban J connectivity index is 1.57. The molecule has 4 rings (SSSR count). The lowest BCUT2D eigenvalue weighted by atomic mass is 9.98. The number of amides is 1. The Morgan fingerprint density at radius 2 is 2.04 bits per heavy atom. The first-order valence-corrected chi connectivity index (χ1v) is 11.5. The van der Waals surface area contributed by atoms with E-state index >= 15 is 0 Å². The summed E-state index contributed by atoms with van der Waals surface area (Å²) in [6.07, 6.45) is 10.1. The summed E-state index contributed by atoms with van der Waals surface area (Å²) in [7, 11) is -3.36. The summed E-state index contributed by atoms with van der Waals surface area (Å²) in [5, 5.41) is 6.21. The molecule has 0 bridgehead atoms. The van der Waals surface area contributed by atoms with E-state index < -0.39 is 21.0 Å². The Labute approximate surface area is 160 Å². The molecule has 2 aliphatic rings. The Bertz CT molecular complexity index is 930. The van der Waals surface area contributed by atoms with Crippen LogP contribution in [0.15, 0.2) is 23.5 Å². The molecule has 2 saturated carbocycles. The van der Waals surface area contributed by atoms with Crippen LogP contribution >= 0.6 is 11.3 Å². The number of aromatic nitrogens is 3. The fourth-order valence-corrected chi connectivity index (χ4v) is 5.74.